The summed E-state index contributed by atoms with van der Waals surface area (Å²) in [4.78, 5) is 39.9. The van der Waals surface area contributed by atoms with E-state index in [9.17, 15) is 41.4 Å². The molecule has 1 aliphatic carbocycles. The Morgan fingerprint density at radius 3 is 2.50 bits per heavy atom. The highest BCUT2D eigenvalue weighted by Crippen LogP contribution is 2.48. The summed E-state index contributed by atoms with van der Waals surface area (Å²) in [6, 6.07) is 3.37. The predicted octanol–water partition coefficient (Wildman–Crippen LogP) is 3.89. The van der Waals surface area contributed by atoms with Gasteiger partial charge in [0.2, 0.25) is 5.91 Å². The first-order valence-corrected chi connectivity index (χ1v) is 11.5. The largest absolute Gasteiger partial charge is 0.408 e. The predicted molar refractivity (Wildman–Crippen MR) is 118 cm³/mol. The number of rotatable bonds is 5. The quantitative estimate of drug-likeness (QED) is 0.418. The summed E-state index contributed by atoms with van der Waals surface area (Å²) in [5.41, 5.74) is -1.49. The summed E-state index contributed by atoms with van der Waals surface area (Å²) in [5, 5.41) is 12.8. The van der Waals surface area contributed by atoms with Crippen molar-refractivity contribution in [2.75, 3.05) is 6.54 Å². The van der Waals surface area contributed by atoms with Crippen LogP contribution in [0.1, 0.15) is 36.1 Å². The Morgan fingerprint density at radius 1 is 1.25 bits per heavy atom. The van der Waals surface area contributed by atoms with Gasteiger partial charge in [-0.05, 0) is 63.8 Å². The lowest BCUT2D eigenvalue weighted by Crippen LogP contribution is -2.51. The second kappa shape index (κ2) is 9.11. The molecule has 13 heteroatoms. The average molecular weight is 576 g/mol. The number of halogens is 6. The Balaban J connectivity index is 1.62. The van der Waals surface area contributed by atoms with Crippen molar-refractivity contribution in [2.24, 2.45) is 0 Å². The molecule has 1 heterocycles. The number of hydrogen-bond acceptors (Lipinski definition) is 4. The fraction of sp³-hybridized carbons (Fsp3) is 0.348. The van der Waals surface area contributed by atoms with E-state index in [0.717, 1.165) is 25.1 Å². The minimum atomic E-state index is -4.83. The monoisotopic (exact) mass is 575 g/mol. The second-order valence-electron chi connectivity index (χ2n) is 8.67. The summed E-state index contributed by atoms with van der Waals surface area (Å²) in [7, 11) is 0. The topological polar surface area (TPSA) is 90.0 Å². The number of fused-ring (bicyclic) bond motifs is 2. The first-order valence-electron chi connectivity index (χ1n) is 10.7. The smallest absolute Gasteiger partial charge is 0.388 e. The molecule has 0 radical (unpaired) electrons. The summed E-state index contributed by atoms with van der Waals surface area (Å²) >= 11 is 2.99. The summed E-state index contributed by atoms with van der Waals surface area (Å²) in [5.74, 6) is -3.57. The zero-order valence-corrected chi connectivity index (χ0v) is 20.2. The highest BCUT2D eigenvalue weighted by Gasteiger charge is 2.58. The van der Waals surface area contributed by atoms with Gasteiger partial charge in [-0.15, -0.1) is 0 Å². The lowest BCUT2D eigenvalue weighted by Gasteiger charge is -2.32. The van der Waals surface area contributed by atoms with Crippen molar-refractivity contribution in [3.05, 3.63) is 69.2 Å². The van der Waals surface area contributed by atoms with Crippen LogP contribution in [0.15, 0.2) is 40.9 Å². The molecule has 0 saturated carbocycles. The zero-order valence-electron chi connectivity index (χ0n) is 18.6. The van der Waals surface area contributed by atoms with E-state index in [-0.39, 0.29) is 27.6 Å². The summed E-state index contributed by atoms with van der Waals surface area (Å²) in [6.07, 6.45) is -6.41. The molecule has 1 saturated heterocycles. The highest BCUT2D eigenvalue weighted by molar-refractivity contribution is 9.10. The van der Waals surface area contributed by atoms with E-state index in [0.29, 0.717) is 9.80 Å². The molecule has 4 rings (SSSR count). The van der Waals surface area contributed by atoms with Gasteiger partial charge in [0.25, 0.3) is 5.91 Å². The third kappa shape index (κ3) is 4.45. The molecule has 7 nitrogen and oxygen atoms in total. The van der Waals surface area contributed by atoms with Crippen molar-refractivity contribution in [1.29, 1.82) is 0 Å². The number of hydrogen-bond donors (Lipinski definition) is 2. The Kier molecular flexibility index (Phi) is 6.58. The molecule has 192 valence electrons. The Morgan fingerprint density at radius 2 is 1.89 bits per heavy atom. The van der Waals surface area contributed by atoms with E-state index in [1.54, 1.807) is 0 Å². The van der Waals surface area contributed by atoms with E-state index in [4.69, 9.17) is 0 Å². The van der Waals surface area contributed by atoms with Gasteiger partial charge in [-0.1, -0.05) is 12.1 Å². The van der Waals surface area contributed by atoms with E-state index in [2.05, 4.69) is 21.2 Å². The number of carbonyl (C=O) groups excluding carboxylic acids is 3. The van der Waals surface area contributed by atoms with Crippen molar-refractivity contribution >= 4 is 33.8 Å². The first kappa shape index (κ1) is 26.0. The van der Waals surface area contributed by atoms with Gasteiger partial charge in [0.1, 0.15) is 29.8 Å². The third-order valence-electron chi connectivity index (χ3n) is 6.41. The van der Waals surface area contributed by atoms with Gasteiger partial charge in [-0.3, -0.25) is 14.5 Å². The minimum absolute atomic E-state index is 0.00386. The van der Waals surface area contributed by atoms with Gasteiger partial charge in [0.05, 0.1) is 10.6 Å². The number of carbonyl (C=O) groups is 3. The number of urea groups is 1. The summed E-state index contributed by atoms with van der Waals surface area (Å²) in [6.45, 7) is -0.840. The van der Waals surface area contributed by atoms with Crippen molar-refractivity contribution < 1.29 is 41.4 Å². The SMILES string of the molecule is C[C@H](N(Cc1ccc(F)cc1)C(=O)CN1C(=O)NC2(C[C@H](O)c3cc(Br)c(F)cc32)C1=O)C(F)(F)F. The molecule has 1 unspecified atom stereocenters. The number of amides is 4. The zero-order chi connectivity index (χ0) is 26.6. The maximum atomic E-state index is 14.3. The van der Waals surface area contributed by atoms with Crippen molar-refractivity contribution in [3.63, 3.8) is 0 Å². The van der Waals surface area contributed by atoms with Crippen LogP contribution in [0, 0.1) is 11.6 Å². The minimum Gasteiger partial charge on any atom is -0.388 e. The number of aliphatic hydroxyl groups excluding tert-OH is 1. The first-order chi connectivity index (χ1) is 16.7. The fourth-order valence-electron chi connectivity index (χ4n) is 4.44. The van der Waals surface area contributed by atoms with Crippen LogP contribution in [0.3, 0.4) is 0 Å². The maximum absolute atomic E-state index is 14.3. The summed E-state index contributed by atoms with van der Waals surface area (Å²) < 4.78 is 68.1. The number of nitrogens with zero attached hydrogens (tertiary/aromatic N) is 2. The van der Waals surface area contributed by atoms with Crippen molar-refractivity contribution in [2.45, 2.75) is 43.8 Å². The van der Waals surface area contributed by atoms with E-state index < -0.39 is 66.4 Å². The molecule has 2 aromatic carbocycles. The number of alkyl halides is 3. The van der Waals surface area contributed by atoms with Gasteiger partial charge in [0, 0.05) is 13.0 Å². The number of imide groups is 1. The van der Waals surface area contributed by atoms with Crippen LogP contribution in [0.4, 0.5) is 26.7 Å². The number of benzene rings is 2. The van der Waals surface area contributed by atoms with Gasteiger partial charge >= 0.3 is 12.2 Å². The maximum Gasteiger partial charge on any atom is 0.408 e. The molecule has 1 spiro atoms. The lowest BCUT2D eigenvalue weighted by atomic mass is 9.91. The molecule has 0 bridgehead atoms. The van der Waals surface area contributed by atoms with Crippen LogP contribution in [0.2, 0.25) is 0 Å². The molecule has 1 fully saturated rings. The Hall–Kier alpha value is -3.06. The molecule has 36 heavy (non-hydrogen) atoms. The molecule has 4 amide bonds. The van der Waals surface area contributed by atoms with Crippen molar-refractivity contribution in [3.8, 4) is 0 Å². The van der Waals surface area contributed by atoms with Gasteiger partial charge in [0.15, 0.2) is 0 Å². The van der Waals surface area contributed by atoms with E-state index in [1.165, 1.54) is 18.2 Å². The van der Waals surface area contributed by atoms with Crippen LogP contribution < -0.4 is 5.32 Å². The van der Waals surface area contributed by atoms with Crippen LogP contribution >= 0.6 is 15.9 Å². The van der Waals surface area contributed by atoms with Crippen molar-refractivity contribution in [1.82, 2.24) is 15.1 Å². The lowest BCUT2D eigenvalue weighted by molar-refractivity contribution is -0.187. The van der Waals surface area contributed by atoms with Gasteiger partial charge in [-0.25, -0.2) is 13.6 Å². The molecule has 2 N–H and O–H groups in total. The molecule has 3 atom stereocenters. The number of nitrogens with one attached hydrogen (secondary N) is 1. The molecule has 0 aromatic heterocycles. The molecular weight excluding hydrogens is 557 g/mol. The average Bonchev–Trinajstić information content (AvgIpc) is 3.19. The van der Waals surface area contributed by atoms with Crippen LogP contribution in [-0.4, -0.2) is 51.5 Å². The van der Waals surface area contributed by atoms with Crippen LogP contribution in [-0.2, 0) is 21.7 Å². The molecule has 1 aliphatic heterocycles. The number of aliphatic hydroxyl groups is 1. The third-order valence-corrected chi connectivity index (χ3v) is 7.02. The van der Waals surface area contributed by atoms with E-state index >= 15 is 0 Å². The second-order valence-corrected chi connectivity index (χ2v) is 9.52. The standard InChI is InChI=1S/C23H19BrF5N3O4/c1-11(23(27,28)29)31(9-12-2-4-13(25)5-3-12)19(34)10-32-20(35)22(30-21(32)36)8-18(33)14-6-16(24)17(26)7-15(14)22/h2-7,11,18,33H,8-10H2,1H3,(H,30,36)/t11-,18-,22?/m0/s1. The molecule has 2 aromatic rings. The van der Waals surface area contributed by atoms with Gasteiger partial charge in [-0.2, -0.15) is 13.2 Å². The van der Waals surface area contributed by atoms with E-state index in [1.807, 2.05) is 0 Å². The Labute approximate surface area is 210 Å². The molecular formula is C23H19BrF5N3O4. The fourth-order valence-corrected chi connectivity index (χ4v) is 4.80. The highest BCUT2D eigenvalue weighted by atomic mass is 79.9. The van der Waals surface area contributed by atoms with Gasteiger partial charge < -0.3 is 15.3 Å². The molecule has 2 aliphatic rings. The van der Waals surface area contributed by atoms with Crippen LogP contribution in [0.5, 0.6) is 0 Å². The Bertz CT molecular complexity index is 1240. The van der Waals surface area contributed by atoms with Crippen LogP contribution in [0.25, 0.3) is 0 Å². The normalized spacial score (nSPS) is 22.1.